The van der Waals surface area contributed by atoms with Crippen LogP contribution in [-0.4, -0.2) is 43.3 Å². The largest absolute Gasteiger partial charge is 0.338 e. The first kappa shape index (κ1) is 16.0. The zero-order valence-electron chi connectivity index (χ0n) is 12.6. The van der Waals surface area contributed by atoms with E-state index in [1.807, 2.05) is 7.05 Å². The van der Waals surface area contributed by atoms with E-state index in [2.05, 4.69) is 17.2 Å². The zero-order valence-corrected chi connectivity index (χ0v) is 12.6. The predicted molar refractivity (Wildman–Crippen MR) is 80.9 cm³/mol. The van der Waals surface area contributed by atoms with Crippen molar-refractivity contribution in [3.8, 4) is 0 Å². The Morgan fingerprint density at radius 3 is 2.68 bits per heavy atom. The molecule has 0 aromatic rings. The molecule has 0 atom stereocenters. The van der Waals surface area contributed by atoms with Gasteiger partial charge in [0.15, 0.2) is 0 Å². The normalized spacial score (nSPS) is 15.2. The number of amides is 2. The van der Waals surface area contributed by atoms with Crippen LogP contribution in [0.25, 0.3) is 0 Å². The summed E-state index contributed by atoms with van der Waals surface area (Å²) in [7, 11) is 1.86. The number of hydrogen-bond donors (Lipinski definition) is 1. The molecule has 1 saturated carbocycles. The van der Waals surface area contributed by atoms with E-state index in [4.69, 9.17) is 0 Å². The summed E-state index contributed by atoms with van der Waals surface area (Å²) in [6.07, 6.45) is 9.47. The van der Waals surface area contributed by atoms with Crippen LogP contribution in [0.4, 0.5) is 4.79 Å². The minimum Gasteiger partial charge on any atom is -0.338 e. The first-order valence-electron chi connectivity index (χ1n) is 7.75. The topological polar surface area (TPSA) is 44.7 Å². The number of rotatable bonds is 7. The summed E-state index contributed by atoms with van der Waals surface area (Å²) in [6.45, 7) is 4.55. The number of nitrogens with one attached hydrogen (secondary N) is 1. The standard InChI is InChI=1S/C15H29N3O/c1-3-4-11-17-15(19)18(2)13-8-12-16-14-9-6-5-7-10-14/h3-13H2,1-2H3,(H,17,19). The molecular formula is C15H29N3O. The average Bonchev–Trinajstić information content (AvgIpc) is 2.44. The first-order valence-corrected chi connectivity index (χ1v) is 7.75. The molecule has 1 fully saturated rings. The van der Waals surface area contributed by atoms with Crippen molar-refractivity contribution in [3.05, 3.63) is 0 Å². The molecule has 110 valence electrons. The van der Waals surface area contributed by atoms with Crippen LogP contribution in [0.3, 0.4) is 0 Å². The van der Waals surface area contributed by atoms with Crippen molar-refractivity contribution in [2.75, 3.05) is 26.7 Å². The minimum absolute atomic E-state index is 0.0405. The number of carbonyl (C=O) groups excluding carboxylic acids is 1. The minimum atomic E-state index is 0.0405. The second-order valence-corrected chi connectivity index (χ2v) is 5.37. The van der Waals surface area contributed by atoms with E-state index in [0.29, 0.717) is 0 Å². The van der Waals surface area contributed by atoms with Gasteiger partial charge in [0.25, 0.3) is 0 Å². The van der Waals surface area contributed by atoms with Crippen molar-refractivity contribution in [2.45, 2.75) is 58.3 Å². The van der Waals surface area contributed by atoms with Gasteiger partial charge in [-0.1, -0.05) is 19.8 Å². The van der Waals surface area contributed by atoms with E-state index < -0.39 is 0 Å². The highest BCUT2D eigenvalue weighted by molar-refractivity contribution is 5.85. The summed E-state index contributed by atoms with van der Waals surface area (Å²) in [5.41, 5.74) is 1.39. The second kappa shape index (κ2) is 9.82. The van der Waals surface area contributed by atoms with Crippen LogP contribution in [-0.2, 0) is 0 Å². The molecule has 1 rings (SSSR count). The Morgan fingerprint density at radius 2 is 2.00 bits per heavy atom. The third kappa shape index (κ3) is 7.19. The summed E-state index contributed by atoms with van der Waals surface area (Å²) in [5, 5.41) is 2.92. The maximum absolute atomic E-state index is 11.7. The molecule has 0 aromatic heterocycles. The van der Waals surface area contributed by atoms with Crippen molar-refractivity contribution in [2.24, 2.45) is 4.99 Å². The maximum atomic E-state index is 11.7. The highest BCUT2D eigenvalue weighted by Crippen LogP contribution is 2.14. The molecule has 0 radical (unpaired) electrons. The first-order chi connectivity index (χ1) is 9.24. The molecule has 0 spiro atoms. The molecule has 1 N–H and O–H groups in total. The summed E-state index contributed by atoms with van der Waals surface area (Å²) in [4.78, 5) is 18.1. The molecule has 4 heteroatoms. The highest BCUT2D eigenvalue weighted by atomic mass is 16.2. The number of aliphatic imine (C=N–C) groups is 1. The molecule has 1 aliphatic rings. The van der Waals surface area contributed by atoms with Crippen molar-refractivity contribution in [1.82, 2.24) is 10.2 Å². The summed E-state index contributed by atoms with van der Waals surface area (Å²) in [5.74, 6) is 0. The third-order valence-electron chi connectivity index (χ3n) is 3.57. The molecular weight excluding hydrogens is 238 g/mol. The fourth-order valence-electron chi connectivity index (χ4n) is 2.27. The van der Waals surface area contributed by atoms with E-state index in [1.165, 1.54) is 37.8 Å². The van der Waals surface area contributed by atoms with Gasteiger partial charge in [-0.05, 0) is 38.5 Å². The fraction of sp³-hybridized carbons (Fsp3) is 0.867. The summed E-state index contributed by atoms with van der Waals surface area (Å²) < 4.78 is 0. The van der Waals surface area contributed by atoms with Crippen LogP contribution in [0.15, 0.2) is 4.99 Å². The smallest absolute Gasteiger partial charge is 0.317 e. The van der Waals surface area contributed by atoms with Gasteiger partial charge >= 0.3 is 6.03 Å². The monoisotopic (exact) mass is 267 g/mol. The zero-order chi connectivity index (χ0) is 13.9. The Morgan fingerprint density at radius 1 is 1.26 bits per heavy atom. The molecule has 0 aromatic carbocycles. The Kier molecular flexibility index (Phi) is 8.26. The Labute approximate surface area is 117 Å². The van der Waals surface area contributed by atoms with Crippen LogP contribution in [0.1, 0.15) is 58.3 Å². The molecule has 19 heavy (non-hydrogen) atoms. The van der Waals surface area contributed by atoms with Gasteiger partial charge < -0.3 is 10.2 Å². The molecule has 1 aliphatic carbocycles. The number of nitrogens with zero attached hydrogens (tertiary/aromatic N) is 2. The Hall–Kier alpha value is -1.06. The van der Waals surface area contributed by atoms with Gasteiger partial charge in [0.1, 0.15) is 0 Å². The van der Waals surface area contributed by atoms with Gasteiger partial charge in [0.2, 0.25) is 0 Å². The lowest BCUT2D eigenvalue weighted by molar-refractivity contribution is 0.208. The van der Waals surface area contributed by atoms with E-state index in [1.54, 1.807) is 4.90 Å². The Bertz CT molecular complexity index is 281. The van der Waals surface area contributed by atoms with Gasteiger partial charge in [-0.3, -0.25) is 4.99 Å². The lowest BCUT2D eigenvalue weighted by Gasteiger charge is -2.17. The number of unbranched alkanes of at least 4 members (excludes halogenated alkanes) is 1. The summed E-state index contributed by atoms with van der Waals surface area (Å²) >= 11 is 0. The molecule has 0 aliphatic heterocycles. The van der Waals surface area contributed by atoms with Gasteiger partial charge in [0.05, 0.1) is 0 Å². The van der Waals surface area contributed by atoms with Gasteiger partial charge in [-0.15, -0.1) is 0 Å². The molecule has 0 saturated heterocycles. The van der Waals surface area contributed by atoms with Gasteiger partial charge in [-0.2, -0.15) is 0 Å². The average molecular weight is 267 g/mol. The van der Waals surface area contributed by atoms with Crippen LogP contribution in [0, 0.1) is 0 Å². The van der Waals surface area contributed by atoms with Crippen LogP contribution in [0.2, 0.25) is 0 Å². The van der Waals surface area contributed by atoms with Gasteiger partial charge in [0, 0.05) is 32.4 Å². The van der Waals surface area contributed by atoms with Crippen molar-refractivity contribution in [3.63, 3.8) is 0 Å². The number of carbonyl (C=O) groups is 1. The molecule has 4 nitrogen and oxygen atoms in total. The van der Waals surface area contributed by atoms with Crippen molar-refractivity contribution in [1.29, 1.82) is 0 Å². The fourth-order valence-corrected chi connectivity index (χ4v) is 2.27. The van der Waals surface area contributed by atoms with Gasteiger partial charge in [-0.25, -0.2) is 4.79 Å². The van der Waals surface area contributed by atoms with Crippen molar-refractivity contribution >= 4 is 11.7 Å². The predicted octanol–water partition coefficient (Wildman–Crippen LogP) is 3.22. The SMILES string of the molecule is CCCCNC(=O)N(C)CCCN=C1CCCCC1. The second-order valence-electron chi connectivity index (χ2n) is 5.37. The third-order valence-corrected chi connectivity index (χ3v) is 3.57. The maximum Gasteiger partial charge on any atom is 0.317 e. The number of urea groups is 1. The van der Waals surface area contributed by atoms with E-state index in [9.17, 15) is 4.79 Å². The van der Waals surface area contributed by atoms with E-state index >= 15 is 0 Å². The molecule has 0 heterocycles. The number of hydrogen-bond acceptors (Lipinski definition) is 2. The van der Waals surface area contributed by atoms with Crippen LogP contribution >= 0.6 is 0 Å². The summed E-state index contributed by atoms with van der Waals surface area (Å²) in [6, 6.07) is 0.0405. The van der Waals surface area contributed by atoms with E-state index in [0.717, 1.165) is 38.9 Å². The molecule has 2 amide bonds. The van der Waals surface area contributed by atoms with Crippen molar-refractivity contribution < 1.29 is 4.79 Å². The Balaban J connectivity index is 2.08. The van der Waals surface area contributed by atoms with Crippen LogP contribution < -0.4 is 5.32 Å². The lowest BCUT2D eigenvalue weighted by Crippen LogP contribution is -2.38. The molecule has 0 unspecified atom stereocenters. The molecule has 0 bridgehead atoms. The quantitative estimate of drug-likeness (QED) is 0.707. The highest BCUT2D eigenvalue weighted by Gasteiger charge is 2.08. The lowest BCUT2D eigenvalue weighted by atomic mass is 9.98. The van der Waals surface area contributed by atoms with E-state index in [-0.39, 0.29) is 6.03 Å². The van der Waals surface area contributed by atoms with Crippen LogP contribution in [0.5, 0.6) is 0 Å².